The first kappa shape index (κ1) is 11.9. The molecule has 2 aromatic heterocycles. The molecule has 3 aromatic rings. The molecule has 0 aliphatic carbocycles. The van der Waals surface area contributed by atoms with Crippen LogP contribution in [0.1, 0.15) is 0 Å². The third kappa shape index (κ3) is 2.08. The Morgan fingerprint density at radius 2 is 2.17 bits per heavy atom. The van der Waals surface area contributed by atoms with Gasteiger partial charge in [0.2, 0.25) is 0 Å². The number of rotatable bonds is 2. The van der Waals surface area contributed by atoms with Gasteiger partial charge in [-0.1, -0.05) is 11.6 Å². The van der Waals surface area contributed by atoms with Gasteiger partial charge in [-0.2, -0.15) is 0 Å². The van der Waals surface area contributed by atoms with E-state index in [1.54, 1.807) is 18.2 Å². The van der Waals surface area contributed by atoms with Gasteiger partial charge >= 0.3 is 0 Å². The van der Waals surface area contributed by atoms with Gasteiger partial charge < -0.3 is 9.54 Å². The van der Waals surface area contributed by atoms with E-state index < -0.39 is 11.1 Å². The molecule has 4 nitrogen and oxygen atoms in total. The molecule has 0 fully saturated rings. The van der Waals surface area contributed by atoms with Gasteiger partial charge in [-0.05, 0) is 41.4 Å². The molecule has 1 atom stereocenters. The van der Waals surface area contributed by atoms with E-state index in [0.29, 0.717) is 15.7 Å². The van der Waals surface area contributed by atoms with E-state index in [2.05, 4.69) is 9.97 Å². The summed E-state index contributed by atoms with van der Waals surface area (Å²) in [5, 5.41) is 0. The number of nitrogens with zero attached hydrogens (tertiary/aromatic N) is 1. The van der Waals surface area contributed by atoms with Crippen LogP contribution in [0.2, 0.25) is 4.34 Å². The topological polar surface area (TPSA) is 68.8 Å². The van der Waals surface area contributed by atoms with Crippen molar-refractivity contribution in [3.05, 3.63) is 34.7 Å². The lowest BCUT2D eigenvalue weighted by Crippen LogP contribution is -1.87. The van der Waals surface area contributed by atoms with Crippen molar-refractivity contribution in [2.24, 2.45) is 0 Å². The maximum atomic E-state index is 10.9. The molecule has 0 aliphatic rings. The molecule has 0 bridgehead atoms. The summed E-state index contributed by atoms with van der Waals surface area (Å²) in [4.78, 5) is 8.64. The zero-order valence-electron chi connectivity index (χ0n) is 8.84. The molecule has 0 saturated heterocycles. The molecule has 18 heavy (non-hydrogen) atoms. The van der Waals surface area contributed by atoms with Crippen molar-refractivity contribution in [2.45, 2.75) is 4.90 Å². The third-order valence-electron chi connectivity index (χ3n) is 2.45. The van der Waals surface area contributed by atoms with E-state index in [4.69, 9.17) is 11.6 Å². The van der Waals surface area contributed by atoms with E-state index >= 15 is 0 Å². The number of nitrogens with one attached hydrogen (secondary N) is 1. The fraction of sp³-hybridized carbons (Fsp3) is 0. The van der Waals surface area contributed by atoms with E-state index in [0.717, 1.165) is 10.4 Å². The van der Waals surface area contributed by atoms with Crippen LogP contribution in [0, 0.1) is 0 Å². The molecule has 2 heterocycles. The average Bonchev–Trinajstić information content (AvgIpc) is 2.93. The molecule has 0 aliphatic heterocycles. The number of aromatic nitrogens is 2. The second-order valence-electron chi connectivity index (χ2n) is 3.60. The molecule has 0 spiro atoms. The molecule has 92 valence electrons. The first-order valence-electron chi connectivity index (χ1n) is 4.98. The van der Waals surface area contributed by atoms with Crippen LogP contribution in [0.3, 0.4) is 0 Å². The summed E-state index contributed by atoms with van der Waals surface area (Å²) in [7, 11) is 0. The van der Waals surface area contributed by atoms with E-state index in [1.165, 1.54) is 17.4 Å². The number of H-pyrrole nitrogens is 1. The summed E-state index contributed by atoms with van der Waals surface area (Å²) >= 11 is 5.06. The average molecular weight is 298 g/mol. The Labute approximate surface area is 114 Å². The molecule has 0 radical (unpaired) electrons. The first-order chi connectivity index (χ1) is 8.63. The van der Waals surface area contributed by atoms with Crippen molar-refractivity contribution in [3.63, 3.8) is 0 Å². The van der Waals surface area contributed by atoms with Gasteiger partial charge in [0.25, 0.3) is 0 Å². The highest BCUT2D eigenvalue weighted by Gasteiger charge is 2.08. The number of aromatic amines is 1. The monoisotopic (exact) mass is 297 g/mol. The van der Waals surface area contributed by atoms with E-state index in [9.17, 15) is 8.76 Å². The third-order valence-corrected chi connectivity index (χ3v) is 4.33. The molecule has 0 amide bonds. The summed E-state index contributed by atoms with van der Waals surface area (Å²) in [5.74, 6) is 0.690. The Bertz CT molecular complexity index is 750. The molecule has 7 heteroatoms. The Balaban J connectivity index is 2.13. The minimum Gasteiger partial charge on any atom is -0.768 e. The maximum absolute atomic E-state index is 10.9. The summed E-state index contributed by atoms with van der Waals surface area (Å²) in [6.45, 7) is 0. The molecular formula is C11H6ClN2O2S2-. The van der Waals surface area contributed by atoms with Crippen LogP contribution >= 0.6 is 22.9 Å². The zero-order chi connectivity index (χ0) is 12.7. The molecule has 1 unspecified atom stereocenters. The Kier molecular flexibility index (Phi) is 2.95. The highest BCUT2D eigenvalue weighted by atomic mass is 35.5. The van der Waals surface area contributed by atoms with Crippen molar-refractivity contribution >= 4 is 45.1 Å². The summed E-state index contributed by atoms with van der Waals surface area (Å²) in [5.41, 5.74) is 1.42. The standard InChI is InChI=1S/C11H7ClN2O2S2/c12-10-4-3-9(17-10)11-13-7-2-1-6(18(15)16)5-8(7)14-11/h1-5H,(H,13,14)(H,15,16)/p-1. The van der Waals surface area contributed by atoms with Crippen molar-refractivity contribution in [1.29, 1.82) is 0 Å². The van der Waals surface area contributed by atoms with Crippen LogP contribution in [0.15, 0.2) is 35.2 Å². The lowest BCUT2D eigenvalue weighted by Gasteiger charge is -2.03. The van der Waals surface area contributed by atoms with Crippen LogP contribution in [0.25, 0.3) is 21.7 Å². The van der Waals surface area contributed by atoms with Crippen LogP contribution in [0.4, 0.5) is 0 Å². The van der Waals surface area contributed by atoms with Gasteiger partial charge in [0.15, 0.2) is 0 Å². The fourth-order valence-electron chi connectivity index (χ4n) is 1.65. The summed E-state index contributed by atoms with van der Waals surface area (Å²) in [6, 6.07) is 8.43. The number of hydrogen-bond acceptors (Lipinski definition) is 4. The molecule has 1 aromatic carbocycles. The number of imidazole rings is 1. The van der Waals surface area contributed by atoms with Gasteiger partial charge in [0.05, 0.1) is 20.2 Å². The van der Waals surface area contributed by atoms with Gasteiger partial charge in [-0.3, -0.25) is 4.21 Å². The predicted molar refractivity (Wildman–Crippen MR) is 71.6 cm³/mol. The van der Waals surface area contributed by atoms with E-state index in [-0.39, 0.29) is 4.90 Å². The van der Waals surface area contributed by atoms with Crippen LogP contribution in [0.5, 0.6) is 0 Å². The van der Waals surface area contributed by atoms with Gasteiger partial charge in [0, 0.05) is 4.90 Å². The minimum absolute atomic E-state index is 0.238. The minimum atomic E-state index is -2.23. The predicted octanol–water partition coefficient (Wildman–Crippen LogP) is 3.18. The van der Waals surface area contributed by atoms with E-state index in [1.807, 2.05) is 6.07 Å². The van der Waals surface area contributed by atoms with Crippen molar-refractivity contribution < 1.29 is 8.76 Å². The van der Waals surface area contributed by atoms with Gasteiger partial charge in [0.1, 0.15) is 5.82 Å². The second kappa shape index (κ2) is 4.47. The Hall–Kier alpha value is -1.21. The highest BCUT2D eigenvalue weighted by molar-refractivity contribution is 7.79. The van der Waals surface area contributed by atoms with Crippen LogP contribution < -0.4 is 0 Å². The lowest BCUT2D eigenvalue weighted by atomic mass is 10.3. The van der Waals surface area contributed by atoms with Crippen molar-refractivity contribution in [2.75, 3.05) is 0 Å². The maximum Gasteiger partial charge on any atom is 0.148 e. The number of halogens is 1. The Morgan fingerprint density at radius 1 is 1.33 bits per heavy atom. The lowest BCUT2D eigenvalue weighted by molar-refractivity contribution is 0.537. The van der Waals surface area contributed by atoms with Crippen LogP contribution in [-0.2, 0) is 11.1 Å². The number of fused-ring (bicyclic) bond motifs is 1. The SMILES string of the molecule is O=S([O-])c1ccc2nc(-c3ccc(Cl)s3)[nH]c2c1. The Morgan fingerprint density at radius 3 is 2.83 bits per heavy atom. The van der Waals surface area contributed by atoms with Gasteiger partial charge in [-0.25, -0.2) is 4.98 Å². The number of benzene rings is 1. The smallest absolute Gasteiger partial charge is 0.148 e. The molecule has 0 saturated carbocycles. The fourth-order valence-corrected chi connectivity index (χ4v) is 3.03. The first-order valence-corrected chi connectivity index (χ1v) is 7.25. The highest BCUT2D eigenvalue weighted by Crippen LogP contribution is 2.30. The molecule has 1 N–H and O–H groups in total. The largest absolute Gasteiger partial charge is 0.768 e. The second-order valence-corrected chi connectivity index (χ2v) is 6.26. The number of hydrogen-bond donors (Lipinski definition) is 1. The van der Waals surface area contributed by atoms with Crippen LogP contribution in [-0.4, -0.2) is 18.7 Å². The van der Waals surface area contributed by atoms with Gasteiger partial charge in [-0.15, -0.1) is 11.3 Å². The number of thiophene rings is 1. The van der Waals surface area contributed by atoms with Crippen molar-refractivity contribution in [1.82, 2.24) is 9.97 Å². The zero-order valence-corrected chi connectivity index (χ0v) is 11.2. The quantitative estimate of drug-likeness (QED) is 0.739. The molecular weight excluding hydrogens is 292 g/mol. The molecule has 3 rings (SSSR count). The summed E-state index contributed by atoms with van der Waals surface area (Å²) in [6.07, 6.45) is 0. The normalized spacial score (nSPS) is 13.0. The van der Waals surface area contributed by atoms with Crippen molar-refractivity contribution in [3.8, 4) is 10.7 Å². The summed E-state index contributed by atoms with van der Waals surface area (Å²) < 4.78 is 22.4.